The van der Waals surface area contributed by atoms with Crippen LogP contribution >= 0.6 is 11.3 Å². The lowest BCUT2D eigenvalue weighted by molar-refractivity contribution is -0.139. The van der Waals surface area contributed by atoms with Gasteiger partial charge in [-0.2, -0.15) is 0 Å². The summed E-state index contributed by atoms with van der Waals surface area (Å²) in [6.07, 6.45) is 3.73. The van der Waals surface area contributed by atoms with Crippen LogP contribution in [-0.4, -0.2) is 32.1 Å². The lowest BCUT2D eigenvalue weighted by atomic mass is 9.92. The summed E-state index contributed by atoms with van der Waals surface area (Å²) in [5.41, 5.74) is 1.37. The third kappa shape index (κ3) is 2.40. The molecular formula is C17H22N4OS. The predicted molar refractivity (Wildman–Crippen MR) is 89.3 cm³/mol. The number of nitrogens with zero attached hydrogens (tertiary/aromatic N) is 4. The number of aryl methyl sites for hydroxylation is 2. The van der Waals surface area contributed by atoms with Crippen molar-refractivity contribution in [3.63, 3.8) is 0 Å². The molecule has 0 aromatic carbocycles. The van der Waals surface area contributed by atoms with Crippen molar-refractivity contribution in [2.45, 2.75) is 52.1 Å². The highest BCUT2D eigenvalue weighted by Gasteiger charge is 2.35. The standard InChI is InChI=1S/C17H22N4OS/c1-3-14-13-7-9-23-15(13)6-8-20(14)17(22)12-4-5-16-19-18-11(2)21(16)10-12/h7,9,12,14H,3-6,8,10H2,1-2H3/t12-,14+/m0/s1. The summed E-state index contributed by atoms with van der Waals surface area (Å²) in [6, 6.07) is 2.46. The monoisotopic (exact) mass is 330 g/mol. The second-order valence-electron chi connectivity index (χ2n) is 6.51. The molecule has 0 radical (unpaired) electrons. The Bertz CT molecular complexity index is 735. The number of rotatable bonds is 2. The van der Waals surface area contributed by atoms with Gasteiger partial charge in [0.25, 0.3) is 0 Å². The quantitative estimate of drug-likeness (QED) is 0.851. The zero-order valence-corrected chi connectivity index (χ0v) is 14.5. The maximum absolute atomic E-state index is 13.2. The van der Waals surface area contributed by atoms with Crippen molar-refractivity contribution in [2.24, 2.45) is 5.92 Å². The molecule has 0 saturated heterocycles. The van der Waals surface area contributed by atoms with Crippen molar-refractivity contribution >= 4 is 17.2 Å². The third-order valence-corrected chi connectivity index (χ3v) is 6.24. The molecule has 23 heavy (non-hydrogen) atoms. The van der Waals surface area contributed by atoms with Crippen molar-refractivity contribution < 1.29 is 4.79 Å². The summed E-state index contributed by atoms with van der Waals surface area (Å²) in [5.74, 6) is 2.32. The van der Waals surface area contributed by atoms with Crippen LogP contribution in [0.3, 0.4) is 0 Å². The average molecular weight is 330 g/mol. The third-order valence-electron chi connectivity index (χ3n) is 5.25. The van der Waals surface area contributed by atoms with E-state index in [9.17, 15) is 4.79 Å². The van der Waals surface area contributed by atoms with Gasteiger partial charge in [0.2, 0.25) is 5.91 Å². The molecule has 2 aromatic heterocycles. The average Bonchev–Trinajstić information content (AvgIpc) is 3.20. The van der Waals surface area contributed by atoms with Crippen LogP contribution in [0.2, 0.25) is 0 Å². The first kappa shape index (κ1) is 14.9. The maximum atomic E-state index is 13.2. The Morgan fingerprint density at radius 1 is 1.39 bits per heavy atom. The van der Waals surface area contributed by atoms with Gasteiger partial charge in [0.1, 0.15) is 11.6 Å². The minimum absolute atomic E-state index is 0.0615. The first-order valence-corrected chi connectivity index (χ1v) is 9.32. The molecule has 0 bridgehead atoms. The Balaban J connectivity index is 1.57. The minimum atomic E-state index is 0.0615. The van der Waals surface area contributed by atoms with Crippen LogP contribution in [0, 0.1) is 12.8 Å². The fraction of sp³-hybridized carbons (Fsp3) is 0.588. The van der Waals surface area contributed by atoms with Gasteiger partial charge in [0.15, 0.2) is 0 Å². The van der Waals surface area contributed by atoms with E-state index in [1.165, 1.54) is 10.4 Å². The summed E-state index contributed by atoms with van der Waals surface area (Å²) >= 11 is 1.83. The van der Waals surface area contributed by atoms with Crippen LogP contribution in [0.15, 0.2) is 11.4 Å². The molecule has 2 atom stereocenters. The number of carbonyl (C=O) groups excluding carboxylic acids is 1. The molecule has 122 valence electrons. The molecule has 4 heterocycles. The van der Waals surface area contributed by atoms with E-state index in [1.54, 1.807) is 0 Å². The zero-order chi connectivity index (χ0) is 16.0. The van der Waals surface area contributed by atoms with E-state index in [4.69, 9.17) is 0 Å². The molecule has 0 spiro atoms. The van der Waals surface area contributed by atoms with Crippen molar-refractivity contribution in [3.05, 3.63) is 33.5 Å². The van der Waals surface area contributed by atoms with Crippen LogP contribution in [0.1, 0.15) is 47.9 Å². The fourth-order valence-corrected chi connectivity index (χ4v) is 4.93. The van der Waals surface area contributed by atoms with Gasteiger partial charge in [-0.15, -0.1) is 21.5 Å². The van der Waals surface area contributed by atoms with Gasteiger partial charge in [-0.3, -0.25) is 4.79 Å². The van der Waals surface area contributed by atoms with Gasteiger partial charge in [-0.25, -0.2) is 0 Å². The zero-order valence-electron chi connectivity index (χ0n) is 13.7. The van der Waals surface area contributed by atoms with Crippen molar-refractivity contribution in [1.29, 1.82) is 0 Å². The van der Waals surface area contributed by atoms with Gasteiger partial charge in [0, 0.05) is 24.4 Å². The molecule has 2 aliphatic rings. The van der Waals surface area contributed by atoms with Crippen LogP contribution in [0.4, 0.5) is 0 Å². The molecular weight excluding hydrogens is 308 g/mol. The molecule has 2 aliphatic heterocycles. The first-order valence-electron chi connectivity index (χ1n) is 8.44. The van der Waals surface area contributed by atoms with Crippen LogP contribution in [0.5, 0.6) is 0 Å². The number of hydrogen-bond acceptors (Lipinski definition) is 4. The molecule has 4 rings (SSSR count). The summed E-state index contributed by atoms with van der Waals surface area (Å²) in [5, 5.41) is 10.5. The first-order chi connectivity index (χ1) is 11.2. The van der Waals surface area contributed by atoms with E-state index in [2.05, 4.69) is 38.0 Å². The summed E-state index contributed by atoms with van der Waals surface area (Å²) in [4.78, 5) is 16.8. The molecule has 0 unspecified atom stereocenters. The molecule has 6 heteroatoms. The van der Waals surface area contributed by atoms with Gasteiger partial charge in [0.05, 0.1) is 12.0 Å². The van der Waals surface area contributed by atoms with E-state index in [0.717, 1.165) is 50.4 Å². The van der Waals surface area contributed by atoms with Crippen LogP contribution in [0.25, 0.3) is 0 Å². The van der Waals surface area contributed by atoms with E-state index in [1.807, 2.05) is 18.3 Å². The van der Waals surface area contributed by atoms with Gasteiger partial charge < -0.3 is 9.47 Å². The number of hydrogen-bond donors (Lipinski definition) is 0. The smallest absolute Gasteiger partial charge is 0.228 e. The normalized spacial score (nSPS) is 23.5. The van der Waals surface area contributed by atoms with E-state index in [0.29, 0.717) is 5.91 Å². The second-order valence-corrected chi connectivity index (χ2v) is 7.52. The second kappa shape index (κ2) is 5.74. The van der Waals surface area contributed by atoms with Crippen molar-refractivity contribution in [3.8, 4) is 0 Å². The SMILES string of the molecule is CC[C@@H]1c2ccsc2CCN1C(=O)[C@H]1CCc2nnc(C)n2C1. The van der Waals surface area contributed by atoms with Gasteiger partial charge in [-0.05, 0) is 43.2 Å². The Morgan fingerprint density at radius 3 is 3.09 bits per heavy atom. The number of fused-ring (bicyclic) bond motifs is 2. The highest BCUT2D eigenvalue weighted by molar-refractivity contribution is 7.10. The van der Waals surface area contributed by atoms with Crippen molar-refractivity contribution in [2.75, 3.05) is 6.54 Å². The Hall–Kier alpha value is -1.69. The van der Waals surface area contributed by atoms with Crippen LogP contribution < -0.4 is 0 Å². The fourth-order valence-electron chi connectivity index (χ4n) is 4.00. The molecule has 0 fully saturated rings. The number of carbonyl (C=O) groups is 1. The largest absolute Gasteiger partial charge is 0.335 e. The number of thiophene rings is 1. The highest BCUT2D eigenvalue weighted by Crippen LogP contribution is 2.36. The molecule has 0 N–H and O–H groups in total. The highest BCUT2D eigenvalue weighted by atomic mass is 32.1. The van der Waals surface area contributed by atoms with Gasteiger partial charge in [-0.1, -0.05) is 6.92 Å². The Kier molecular flexibility index (Phi) is 3.71. The minimum Gasteiger partial charge on any atom is -0.335 e. The van der Waals surface area contributed by atoms with Gasteiger partial charge >= 0.3 is 0 Å². The summed E-state index contributed by atoms with van der Waals surface area (Å²) in [7, 11) is 0. The summed E-state index contributed by atoms with van der Waals surface area (Å²) < 4.78 is 2.12. The number of amides is 1. The lowest BCUT2D eigenvalue weighted by Gasteiger charge is -2.38. The Morgan fingerprint density at radius 2 is 2.26 bits per heavy atom. The topological polar surface area (TPSA) is 51.0 Å². The van der Waals surface area contributed by atoms with Crippen molar-refractivity contribution in [1.82, 2.24) is 19.7 Å². The maximum Gasteiger partial charge on any atom is 0.228 e. The predicted octanol–water partition coefficient (Wildman–Crippen LogP) is 2.75. The molecule has 0 aliphatic carbocycles. The molecule has 1 amide bonds. The Labute approximate surface area is 140 Å². The molecule has 2 aromatic rings. The van der Waals surface area contributed by atoms with E-state index < -0.39 is 0 Å². The molecule has 0 saturated carbocycles. The number of aromatic nitrogens is 3. The van der Waals surface area contributed by atoms with E-state index >= 15 is 0 Å². The molecule has 5 nitrogen and oxygen atoms in total. The van der Waals surface area contributed by atoms with E-state index in [-0.39, 0.29) is 12.0 Å². The van der Waals surface area contributed by atoms with Crippen LogP contribution in [-0.2, 0) is 24.2 Å². The summed E-state index contributed by atoms with van der Waals surface area (Å²) in [6.45, 7) is 5.74. The lowest BCUT2D eigenvalue weighted by Crippen LogP contribution is -2.44.